The van der Waals surface area contributed by atoms with E-state index in [0.717, 1.165) is 38.6 Å². The first-order valence-corrected chi connectivity index (χ1v) is 12.0. The average molecular weight is 482 g/mol. The van der Waals surface area contributed by atoms with E-state index in [2.05, 4.69) is 25.2 Å². The molecule has 1 saturated heterocycles. The molecule has 0 radical (unpaired) electrons. The molecule has 11 heteroatoms. The van der Waals surface area contributed by atoms with Crippen LogP contribution in [-0.4, -0.2) is 72.7 Å². The summed E-state index contributed by atoms with van der Waals surface area (Å²) < 4.78 is 11.1. The minimum atomic E-state index is -0.126. The van der Waals surface area contributed by atoms with Crippen LogP contribution in [0.3, 0.4) is 0 Å². The smallest absolute Gasteiger partial charge is 0.321 e. The molecule has 4 heterocycles. The lowest BCUT2D eigenvalue weighted by Crippen LogP contribution is -2.50. The Morgan fingerprint density at radius 1 is 1.26 bits per heavy atom. The Kier molecular flexibility index (Phi) is 5.86. The molecule has 3 aromatic rings. The third-order valence-electron chi connectivity index (χ3n) is 6.01. The Morgan fingerprint density at radius 3 is 2.74 bits per heavy atom. The van der Waals surface area contributed by atoms with E-state index in [4.69, 9.17) is 15.2 Å². The van der Waals surface area contributed by atoms with Gasteiger partial charge in [-0.05, 0) is 37.6 Å². The largest absolute Gasteiger partial charge is 0.497 e. The molecule has 5 rings (SSSR count). The normalized spacial score (nSPS) is 18.1. The predicted molar refractivity (Wildman–Crippen MR) is 134 cm³/mol. The number of aliphatic imine (C=N–C) groups is 1. The Bertz CT molecular complexity index is 1270. The zero-order chi connectivity index (χ0) is 23.8. The molecular formula is C23H27N7O3S. The van der Waals surface area contributed by atoms with Crippen molar-refractivity contribution in [1.82, 2.24) is 14.9 Å². The molecule has 10 nitrogen and oxygen atoms in total. The van der Waals surface area contributed by atoms with Gasteiger partial charge < -0.3 is 30.3 Å². The van der Waals surface area contributed by atoms with Crippen LogP contribution in [0.4, 0.5) is 22.2 Å². The van der Waals surface area contributed by atoms with Crippen LogP contribution in [0, 0.1) is 6.92 Å². The van der Waals surface area contributed by atoms with Crippen molar-refractivity contribution in [1.29, 1.82) is 0 Å². The van der Waals surface area contributed by atoms with Crippen LogP contribution in [0.1, 0.15) is 18.1 Å². The molecule has 2 amide bonds. The average Bonchev–Trinajstić information content (AvgIpc) is 3.45. The molecule has 0 aliphatic carbocycles. The number of anilines is 3. The van der Waals surface area contributed by atoms with Crippen molar-refractivity contribution in [2.75, 3.05) is 55.8 Å². The Labute approximate surface area is 201 Å². The summed E-state index contributed by atoms with van der Waals surface area (Å²) >= 11 is 1.50. The second-order valence-corrected chi connectivity index (χ2v) is 9.25. The lowest BCUT2D eigenvalue weighted by molar-refractivity contribution is 0.208. The maximum Gasteiger partial charge on any atom is 0.321 e. The second kappa shape index (κ2) is 8.98. The summed E-state index contributed by atoms with van der Waals surface area (Å²) in [6, 6.07) is 5.47. The molecule has 1 unspecified atom stereocenters. The van der Waals surface area contributed by atoms with Gasteiger partial charge >= 0.3 is 6.03 Å². The highest BCUT2D eigenvalue weighted by atomic mass is 32.1. The van der Waals surface area contributed by atoms with Crippen LogP contribution in [0.25, 0.3) is 10.2 Å². The SMILES string of the molecule is COc1ccc(NC(=O)N2CCN(c3nc(N)nc4scc(C5=NCC(C)O5)c34)CC2)c(C)c1. The maximum absolute atomic E-state index is 12.9. The van der Waals surface area contributed by atoms with Gasteiger partial charge in [-0.2, -0.15) is 4.98 Å². The highest BCUT2D eigenvalue weighted by Crippen LogP contribution is 2.35. The van der Waals surface area contributed by atoms with Gasteiger partial charge in [-0.1, -0.05) is 0 Å². The zero-order valence-corrected chi connectivity index (χ0v) is 20.2. The highest BCUT2D eigenvalue weighted by Gasteiger charge is 2.28. The molecule has 2 aromatic heterocycles. The summed E-state index contributed by atoms with van der Waals surface area (Å²) in [4.78, 5) is 31.2. The number of aryl methyl sites for hydroxylation is 1. The van der Waals surface area contributed by atoms with E-state index >= 15 is 0 Å². The maximum atomic E-state index is 12.9. The Morgan fingerprint density at radius 2 is 2.06 bits per heavy atom. The molecule has 178 valence electrons. The van der Waals surface area contributed by atoms with Crippen molar-refractivity contribution in [3.8, 4) is 5.75 Å². The van der Waals surface area contributed by atoms with E-state index in [9.17, 15) is 4.79 Å². The van der Waals surface area contributed by atoms with Gasteiger partial charge in [0, 0.05) is 37.2 Å². The van der Waals surface area contributed by atoms with Crippen molar-refractivity contribution in [2.45, 2.75) is 20.0 Å². The first kappa shape index (κ1) is 22.2. The first-order valence-electron chi connectivity index (χ1n) is 11.1. The van der Waals surface area contributed by atoms with Crippen molar-refractivity contribution in [2.24, 2.45) is 4.99 Å². The number of carbonyl (C=O) groups excluding carboxylic acids is 1. The minimum absolute atomic E-state index is 0.0551. The summed E-state index contributed by atoms with van der Waals surface area (Å²) in [7, 11) is 1.62. The fourth-order valence-corrected chi connectivity index (χ4v) is 5.08. The molecule has 0 bridgehead atoms. The molecule has 3 N–H and O–H groups in total. The number of carbonyl (C=O) groups is 1. The number of rotatable bonds is 4. The number of nitrogens with two attached hydrogens (primary N) is 1. The van der Waals surface area contributed by atoms with Crippen molar-refractivity contribution < 1.29 is 14.3 Å². The third kappa shape index (κ3) is 4.18. The van der Waals surface area contributed by atoms with Crippen LogP contribution in [0.2, 0.25) is 0 Å². The number of ether oxygens (including phenoxy) is 2. The summed E-state index contributed by atoms with van der Waals surface area (Å²) in [5.74, 6) is 2.38. The molecule has 2 aliphatic heterocycles. The molecule has 34 heavy (non-hydrogen) atoms. The number of aromatic nitrogens is 2. The van der Waals surface area contributed by atoms with Crippen LogP contribution in [-0.2, 0) is 4.74 Å². The number of benzene rings is 1. The quantitative estimate of drug-likeness (QED) is 0.588. The Balaban J connectivity index is 1.32. The monoisotopic (exact) mass is 481 g/mol. The lowest BCUT2D eigenvalue weighted by Gasteiger charge is -2.35. The van der Waals surface area contributed by atoms with Gasteiger partial charge in [0.05, 0.1) is 24.6 Å². The lowest BCUT2D eigenvalue weighted by atomic mass is 10.2. The summed E-state index contributed by atoms with van der Waals surface area (Å²) in [6.45, 7) is 6.94. The van der Waals surface area contributed by atoms with Crippen LogP contribution in [0.5, 0.6) is 5.75 Å². The number of nitrogen functional groups attached to an aromatic ring is 1. The van der Waals surface area contributed by atoms with Crippen molar-refractivity contribution >= 4 is 50.9 Å². The minimum Gasteiger partial charge on any atom is -0.497 e. The van der Waals surface area contributed by atoms with Gasteiger partial charge in [-0.15, -0.1) is 11.3 Å². The number of hydrogen-bond donors (Lipinski definition) is 2. The van der Waals surface area contributed by atoms with E-state index < -0.39 is 0 Å². The standard InChI is InChI=1S/C23H27N7O3S/c1-13-10-15(32-3)4-5-17(13)26-23(31)30-8-6-29(7-9-30)19-18-16(20-25-11-14(2)33-20)12-34-21(18)28-22(24)27-19/h4-5,10,12,14H,6-9,11H2,1-3H3,(H,26,31)(H2,24,27,28). The number of urea groups is 1. The first-order chi connectivity index (χ1) is 16.4. The molecular weight excluding hydrogens is 454 g/mol. The van der Waals surface area contributed by atoms with Gasteiger partial charge in [0.15, 0.2) is 0 Å². The Hall–Kier alpha value is -3.60. The number of fused-ring (bicyclic) bond motifs is 1. The van der Waals surface area contributed by atoms with E-state index in [1.807, 2.05) is 42.3 Å². The van der Waals surface area contributed by atoms with Crippen LogP contribution >= 0.6 is 11.3 Å². The topological polar surface area (TPSA) is 118 Å². The molecule has 2 aliphatic rings. The van der Waals surface area contributed by atoms with E-state index in [-0.39, 0.29) is 18.1 Å². The van der Waals surface area contributed by atoms with Crippen molar-refractivity contribution in [3.05, 3.63) is 34.7 Å². The van der Waals surface area contributed by atoms with Crippen LogP contribution in [0.15, 0.2) is 28.6 Å². The number of thiophene rings is 1. The number of hydrogen-bond acceptors (Lipinski definition) is 9. The number of amides is 2. The summed E-state index contributed by atoms with van der Waals surface area (Å²) in [5.41, 5.74) is 8.64. The molecule has 1 fully saturated rings. The zero-order valence-electron chi connectivity index (χ0n) is 19.4. The fourth-order valence-electron chi connectivity index (χ4n) is 4.17. The number of methoxy groups -OCH3 is 1. The van der Waals surface area contributed by atoms with Gasteiger partial charge in [0.1, 0.15) is 22.5 Å². The molecule has 1 aromatic carbocycles. The highest BCUT2D eigenvalue weighted by molar-refractivity contribution is 7.17. The second-order valence-electron chi connectivity index (χ2n) is 8.39. The third-order valence-corrected chi connectivity index (χ3v) is 6.88. The van der Waals surface area contributed by atoms with E-state index in [0.29, 0.717) is 38.6 Å². The predicted octanol–water partition coefficient (Wildman–Crippen LogP) is 3.11. The number of nitrogens with zero attached hydrogens (tertiary/aromatic N) is 5. The van der Waals surface area contributed by atoms with Gasteiger partial charge in [0.25, 0.3) is 0 Å². The summed E-state index contributed by atoms with van der Waals surface area (Å²) in [6.07, 6.45) is 0.0551. The van der Waals surface area contributed by atoms with Crippen molar-refractivity contribution in [3.63, 3.8) is 0 Å². The van der Waals surface area contributed by atoms with E-state index in [1.54, 1.807) is 7.11 Å². The van der Waals surface area contributed by atoms with E-state index in [1.165, 1.54) is 11.3 Å². The van der Waals surface area contributed by atoms with Gasteiger partial charge in [-0.3, -0.25) is 0 Å². The molecule has 1 atom stereocenters. The molecule has 0 saturated carbocycles. The number of nitrogens with one attached hydrogen (secondary N) is 1. The summed E-state index contributed by atoms with van der Waals surface area (Å²) in [5, 5.41) is 5.91. The van der Waals surface area contributed by atoms with Gasteiger partial charge in [-0.25, -0.2) is 14.8 Å². The van der Waals surface area contributed by atoms with Gasteiger partial charge in [0.2, 0.25) is 11.8 Å². The number of piperazine rings is 1. The fraction of sp³-hybridized carbons (Fsp3) is 0.391. The van der Waals surface area contributed by atoms with Crippen LogP contribution < -0.4 is 20.7 Å². The molecule has 0 spiro atoms.